The summed E-state index contributed by atoms with van der Waals surface area (Å²) < 4.78 is 4.82. The first-order chi connectivity index (χ1) is 6.20. The van der Waals surface area contributed by atoms with Crippen molar-refractivity contribution in [1.29, 1.82) is 0 Å². The van der Waals surface area contributed by atoms with E-state index in [2.05, 4.69) is 14.5 Å². The number of hydrogen-bond acceptors (Lipinski definition) is 4. The SMILES string of the molecule is Cc1ncc(COP)c(CO)c1O. The van der Waals surface area contributed by atoms with Gasteiger partial charge in [-0.2, -0.15) is 0 Å². The molecule has 1 atom stereocenters. The maximum atomic E-state index is 9.52. The predicted molar refractivity (Wildman–Crippen MR) is 51.1 cm³/mol. The first-order valence-electron chi connectivity index (χ1n) is 3.79. The number of aromatic hydroxyl groups is 1. The molecule has 0 bridgehead atoms. The molecule has 1 aromatic rings. The molecule has 0 aliphatic carbocycles. The Kier molecular flexibility index (Phi) is 3.60. The van der Waals surface area contributed by atoms with E-state index in [9.17, 15) is 5.11 Å². The van der Waals surface area contributed by atoms with Crippen molar-refractivity contribution in [3.05, 3.63) is 23.0 Å². The number of pyridine rings is 1. The molecule has 0 aliphatic heterocycles. The van der Waals surface area contributed by atoms with E-state index in [0.717, 1.165) is 0 Å². The fraction of sp³-hybridized carbons (Fsp3) is 0.375. The zero-order valence-electron chi connectivity index (χ0n) is 7.32. The average molecular weight is 201 g/mol. The summed E-state index contributed by atoms with van der Waals surface area (Å²) in [6, 6.07) is 0. The quantitative estimate of drug-likeness (QED) is 0.713. The van der Waals surface area contributed by atoms with E-state index < -0.39 is 0 Å². The third-order valence-electron chi connectivity index (χ3n) is 1.83. The molecule has 0 fully saturated rings. The third kappa shape index (κ3) is 2.15. The lowest BCUT2D eigenvalue weighted by Crippen LogP contribution is -1.98. The Balaban J connectivity index is 3.13. The van der Waals surface area contributed by atoms with Crippen molar-refractivity contribution in [2.75, 3.05) is 0 Å². The first-order valence-corrected chi connectivity index (χ1v) is 4.26. The van der Waals surface area contributed by atoms with Gasteiger partial charge in [0.15, 0.2) is 0 Å². The number of nitrogens with zero attached hydrogens (tertiary/aromatic N) is 1. The van der Waals surface area contributed by atoms with E-state index in [0.29, 0.717) is 23.4 Å². The average Bonchev–Trinajstić information content (AvgIpc) is 2.12. The third-order valence-corrected chi connectivity index (χ3v) is 1.99. The number of aliphatic hydroxyl groups excluding tert-OH is 1. The van der Waals surface area contributed by atoms with Crippen LogP contribution in [0.3, 0.4) is 0 Å². The van der Waals surface area contributed by atoms with Gasteiger partial charge in [0.25, 0.3) is 0 Å². The number of aromatic nitrogens is 1. The second-order valence-corrected chi connectivity index (χ2v) is 3.00. The molecule has 0 spiro atoms. The van der Waals surface area contributed by atoms with Crippen LogP contribution in [-0.2, 0) is 17.7 Å². The van der Waals surface area contributed by atoms with Gasteiger partial charge in [-0.1, -0.05) is 0 Å². The number of aryl methyl sites for hydroxylation is 1. The van der Waals surface area contributed by atoms with E-state index in [-0.39, 0.29) is 12.4 Å². The molecule has 0 radical (unpaired) electrons. The Labute approximate surface area is 78.9 Å². The van der Waals surface area contributed by atoms with Crippen LogP contribution < -0.4 is 0 Å². The fourth-order valence-corrected chi connectivity index (χ4v) is 1.25. The van der Waals surface area contributed by atoms with Gasteiger partial charge in [-0.25, -0.2) is 0 Å². The zero-order valence-corrected chi connectivity index (χ0v) is 8.47. The van der Waals surface area contributed by atoms with Gasteiger partial charge < -0.3 is 14.7 Å². The highest BCUT2D eigenvalue weighted by Gasteiger charge is 2.09. The Hall–Kier alpha value is -0.700. The summed E-state index contributed by atoms with van der Waals surface area (Å²) >= 11 is 0. The Morgan fingerprint density at radius 3 is 2.85 bits per heavy atom. The molecule has 1 heterocycles. The molecular weight excluding hydrogens is 189 g/mol. The maximum absolute atomic E-state index is 9.52. The minimum absolute atomic E-state index is 0.0436. The molecule has 0 saturated heterocycles. The van der Waals surface area contributed by atoms with Crippen LogP contribution in [0.5, 0.6) is 5.75 Å². The Morgan fingerprint density at radius 1 is 1.62 bits per heavy atom. The molecule has 0 saturated carbocycles. The first kappa shape index (κ1) is 10.4. The number of aliphatic hydroxyl groups is 1. The van der Waals surface area contributed by atoms with Crippen molar-refractivity contribution in [2.45, 2.75) is 20.1 Å². The summed E-state index contributed by atoms with van der Waals surface area (Å²) in [4.78, 5) is 3.96. The predicted octanol–water partition coefficient (Wildman–Crippen LogP) is 0.895. The molecule has 0 amide bonds. The summed E-state index contributed by atoms with van der Waals surface area (Å²) in [5.74, 6) is 0.0436. The van der Waals surface area contributed by atoms with Crippen LogP contribution in [0.25, 0.3) is 0 Å². The van der Waals surface area contributed by atoms with Crippen LogP contribution in [0.15, 0.2) is 6.20 Å². The largest absolute Gasteiger partial charge is 0.506 e. The van der Waals surface area contributed by atoms with Crippen molar-refractivity contribution < 1.29 is 14.7 Å². The lowest BCUT2D eigenvalue weighted by molar-refractivity contribution is 0.268. The number of hydrogen-bond donors (Lipinski definition) is 2. The summed E-state index contributed by atoms with van der Waals surface area (Å²) in [6.07, 6.45) is 1.59. The highest BCUT2D eigenvalue weighted by atomic mass is 31.0. The van der Waals surface area contributed by atoms with Gasteiger partial charge in [0.1, 0.15) is 5.75 Å². The molecule has 1 unspecified atom stereocenters. The topological polar surface area (TPSA) is 62.6 Å². The van der Waals surface area contributed by atoms with Gasteiger partial charge >= 0.3 is 0 Å². The lowest BCUT2D eigenvalue weighted by Gasteiger charge is -2.09. The molecule has 0 aromatic carbocycles. The van der Waals surface area contributed by atoms with Crippen LogP contribution in [-0.4, -0.2) is 15.2 Å². The molecule has 13 heavy (non-hydrogen) atoms. The summed E-state index contributed by atoms with van der Waals surface area (Å²) in [6.45, 7) is 1.78. The standard InChI is InChI=1S/C8H12NO3P/c1-5-8(11)7(3-10)6(2-9-5)4-12-13/h2,10-11H,3-4,13H2,1H3. The maximum Gasteiger partial charge on any atom is 0.142 e. The van der Waals surface area contributed by atoms with Crippen molar-refractivity contribution in [1.82, 2.24) is 4.98 Å². The highest BCUT2D eigenvalue weighted by Crippen LogP contribution is 2.24. The number of rotatable bonds is 3. The van der Waals surface area contributed by atoms with Crippen molar-refractivity contribution in [3.63, 3.8) is 0 Å². The minimum Gasteiger partial charge on any atom is -0.506 e. The van der Waals surface area contributed by atoms with Crippen molar-refractivity contribution >= 4 is 9.47 Å². The Morgan fingerprint density at radius 2 is 2.31 bits per heavy atom. The van der Waals surface area contributed by atoms with E-state index in [1.165, 1.54) is 0 Å². The molecular formula is C8H12NO3P. The fourth-order valence-electron chi connectivity index (χ4n) is 1.07. The molecule has 4 nitrogen and oxygen atoms in total. The molecule has 0 aliphatic rings. The van der Waals surface area contributed by atoms with Crippen LogP contribution in [0.2, 0.25) is 0 Å². The zero-order chi connectivity index (χ0) is 9.84. The van der Waals surface area contributed by atoms with Crippen molar-refractivity contribution in [2.24, 2.45) is 0 Å². The second-order valence-electron chi connectivity index (χ2n) is 2.67. The van der Waals surface area contributed by atoms with Gasteiger partial charge in [0.2, 0.25) is 0 Å². The Bertz CT molecular complexity index is 304. The second kappa shape index (κ2) is 4.51. The molecule has 1 aromatic heterocycles. The summed E-state index contributed by atoms with van der Waals surface area (Å²) in [7, 11) is 2.11. The van der Waals surface area contributed by atoms with Gasteiger partial charge in [-0.3, -0.25) is 4.98 Å². The summed E-state index contributed by atoms with van der Waals surface area (Å²) in [5, 5.41) is 18.5. The highest BCUT2D eigenvalue weighted by molar-refractivity contribution is 7.09. The van der Waals surface area contributed by atoms with Gasteiger partial charge in [0, 0.05) is 26.8 Å². The van der Waals surface area contributed by atoms with E-state index >= 15 is 0 Å². The monoisotopic (exact) mass is 201 g/mol. The van der Waals surface area contributed by atoms with Crippen LogP contribution in [0.4, 0.5) is 0 Å². The van der Waals surface area contributed by atoms with Crippen LogP contribution in [0.1, 0.15) is 16.8 Å². The van der Waals surface area contributed by atoms with E-state index in [1.54, 1.807) is 13.1 Å². The smallest absolute Gasteiger partial charge is 0.142 e. The minimum atomic E-state index is -0.210. The normalized spacial score (nSPS) is 10.4. The van der Waals surface area contributed by atoms with Gasteiger partial charge in [0.05, 0.1) is 18.9 Å². The van der Waals surface area contributed by atoms with Crippen LogP contribution in [0, 0.1) is 6.92 Å². The molecule has 2 N–H and O–H groups in total. The van der Waals surface area contributed by atoms with E-state index in [4.69, 9.17) is 9.63 Å². The van der Waals surface area contributed by atoms with Crippen LogP contribution >= 0.6 is 9.47 Å². The van der Waals surface area contributed by atoms with Gasteiger partial charge in [-0.15, -0.1) is 0 Å². The molecule has 5 heteroatoms. The lowest BCUT2D eigenvalue weighted by atomic mass is 10.1. The van der Waals surface area contributed by atoms with Crippen molar-refractivity contribution in [3.8, 4) is 5.75 Å². The molecule has 72 valence electrons. The molecule has 1 rings (SSSR count). The van der Waals surface area contributed by atoms with Gasteiger partial charge in [-0.05, 0) is 6.92 Å². The summed E-state index contributed by atoms with van der Waals surface area (Å²) in [5.41, 5.74) is 1.69. The van der Waals surface area contributed by atoms with E-state index in [1.807, 2.05) is 0 Å².